The second kappa shape index (κ2) is 10.1. The molecule has 186 valence electrons. The van der Waals surface area contributed by atoms with Crippen LogP contribution in [0.2, 0.25) is 0 Å². The highest BCUT2D eigenvalue weighted by molar-refractivity contribution is 6.22. The first-order chi connectivity index (χ1) is 17.3. The Morgan fingerprint density at radius 3 is 1.33 bits per heavy atom. The molecule has 0 fully saturated rings. The number of amides is 4. The molecule has 2 aliphatic rings. The van der Waals surface area contributed by atoms with Crippen molar-refractivity contribution in [2.45, 2.75) is 26.7 Å². The third-order valence-corrected chi connectivity index (χ3v) is 5.98. The van der Waals surface area contributed by atoms with Crippen LogP contribution in [0.15, 0.2) is 36.4 Å². The number of nitrogens with zero attached hydrogens (tertiary/aromatic N) is 2. The van der Waals surface area contributed by atoms with Crippen LogP contribution in [0.1, 0.15) is 88.8 Å². The molecule has 0 aromatic heterocycles. The largest absolute Gasteiger partial charge is 0.462 e. The van der Waals surface area contributed by atoms with Crippen LogP contribution in [0, 0.1) is 0 Å². The fraction of sp³-hybridized carbons (Fsp3) is 0.308. The van der Waals surface area contributed by atoms with Crippen LogP contribution in [0.5, 0.6) is 0 Å². The Hall–Kier alpha value is -4.34. The average molecular weight is 492 g/mol. The lowest BCUT2D eigenvalue weighted by Crippen LogP contribution is -2.33. The molecular weight excluding hydrogens is 468 g/mol. The van der Waals surface area contributed by atoms with Crippen molar-refractivity contribution < 1.29 is 38.2 Å². The summed E-state index contributed by atoms with van der Waals surface area (Å²) in [5, 5.41) is 0. The summed E-state index contributed by atoms with van der Waals surface area (Å²) < 4.78 is 9.89. The van der Waals surface area contributed by atoms with Crippen LogP contribution in [-0.2, 0) is 9.47 Å². The van der Waals surface area contributed by atoms with Gasteiger partial charge in [0.2, 0.25) is 0 Å². The normalized spacial score (nSPS) is 14.3. The Morgan fingerprint density at radius 2 is 0.972 bits per heavy atom. The van der Waals surface area contributed by atoms with Crippen molar-refractivity contribution in [3.63, 3.8) is 0 Å². The van der Waals surface area contributed by atoms with E-state index in [4.69, 9.17) is 9.47 Å². The summed E-state index contributed by atoms with van der Waals surface area (Å²) in [6, 6.07) is 8.48. The van der Waals surface area contributed by atoms with Gasteiger partial charge in [-0.3, -0.25) is 29.0 Å². The average Bonchev–Trinajstić information content (AvgIpc) is 3.26. The molecule has 2 aliphatic heterocycles. The maximum absolute atomic E-state index is 12.8. The van der Waals surface area contributed by atoms with Gasteiger partial charge in [0.1, 0.15) is 0 Å². The Bertz CT molecular complexity index is 1200. The van der Waals surface area contributed by atoms with Crippen molar-refractivity contribution in [1.29, 1.82) is 0 Å². The molecule has 2 aromatic rings. The van der Waals surface area contributed by atoms with Gasteiger partial charge in [-0.25, -0.2) is 9.59 Å². The number of carbonyl (C=O) groups excluding carboxylic acids is 6. The number of fused-ring (bicyclic) bond motifs is 2. The van der Waals surface area contributed by atoms with Crippen molar-refractivity contribution in [2.75, 3.05) is 26.3 Å². The van der Waals surface area contributed by atoms with E-state index in [0.29, 0.717) is 12.8 Å². The first kappa shape index (κ1) is 24.8. The van der Waals surface area contributed by atoms with E-state index >= 15 is 0 Å². The van der Waals surface area contributed by atoms with Crippen molar-refractivity contribution in [2.24, 2.45) is 0 Å². The van der Waals surface area contributed by atoms with Crippen LogP contribution < -0.4 is 0 Å². The first-order valence-corrected chi connectivity index (χ1v) is 11.6. The van der Waals surface area contributed by atoms with E-state index in [0.717, 1.165) is 9.80 Å². The van der Waals surface area contributed by atoms with Crippen molar-refractivity contribution in [3.8, 4) is 0 Å². The lowest BCUT2D eigenvalue weighted by atomic mass is 10.1. The van der Waals surface area contributed by atoms with Gasteiger partial charge in [0, 0.05) is 13.1 Å². The predicted octanol–water partition coefficient (Wildman–Crippen LogP) is 2.71. The number of unbranched alkanes of at least 4 members (excludes halogenated alkanes) is 1. The summed E-state index contributed by atoms with van der Waals surface area (Å²) in [6.45, 7) is 3.91. The van der Waals surface area contributed by atoms with E-state index in [1.165, 1.54) is 36.4 Å². The molecule has 0 radical (unpaired) electrons. The van der Waals surface area contributed by atoms with Gasteiger partial charge in [-0.2, -0.15) is 0 Å². The van der Waals surface area contributed by atoms with Crippen molar-refractivity contribution in [3.05, 3.63) is 69.8 Å². The lowest BCUT2D eigenvalue weighted by molar-refractivity contribution is 0.0516. The van der Waals surface area contributed by atoms with Crippen molar-refractivity contribution >= 4 is 35.6 Å². The number of hydrogen-bond acceptors (Lipinski definition) is 8. The molecule has 0 bridgehead atoms. The molecule has 4 rings (SSSR count). The van der Waals surface area contributed by atoms with Gasteiger partial charge in [0.25, 0.3) is 23.6 Å². The number of imide groups is 2. The van der Waals surface area contributed by atoms with E-state index in [-0.39, 0.29) is 59.7 Å². The van der Waals surface area contributed by atoms with Gasteiger partial charge in [-0.05, 0) is 63.1 Å². The minimum atomic E-state index is -0.575. The number of benzene rings is 2. The minimum Gasteiger partial charge on any atom is -0.462 e. The molecular formula is C26H24N2O8. The molecule has 0 aliphatic carbocycles. The highest BCUT2D eigenvalue weighted by Crippen LogP contribution is 2.27. The third kappa shape index (κ3) is 4.37. The van der Waals surface area contributed by atoms with Crippen LogP contribution in [0.25, 0.3) is 0 Å². The molecule has 0 unspecified atom stereocenters. The molecule has 0 saturated carbocycles. The summed E-state index contributed by atoms with van der Waals surface area (Å²) >= 11 is 0. The Balaban J connectivity index is 1.36. The summed E-state index contributed by atoms with van der Waals surface area (Å²) in [5.41, 5.74) is 1.09. The second-order valence-corrected chi connectivity index (χ2v) is 8.19. The lowest BCUT2D eigenvalue weighted by Gasteiger charge is -2.16. The number of hydrogen-bond donors (Lipinski definition) is 0. The quantitative estimate of drug-likeness (QED) is 0.297. The number of ether oxygens (including phenoxy) is 2. The summed E-state index contributed by atoms with van der Waals surface area (Å²) in [4.78, 5) is 77.0. The SMILES string of the molecule is CCOC(=O)c1ccc2c(c1)C(=O)N(CCCCN1C(=O)c3ccc(C(=O)OCC)cc3C1=O)C2=O. The van der Waals surface area contributed by atoms with E-state index in [1.54, 1.807) is 13.8 Å². The second-order valence-electron chi connectivity index (χ2n) is 8.19. The van der Waals surface area contributed by atoms with Gasteiger partial charge in [0.05, 0.1) is 46.6 Å². The zero-order chi connectivity index (χ0) is 26.0. The zero-order valence-corrected chi connectivity index (χ0v) is 19.9. The zero-order valence-electron chi connectivity index (χ0n) is 19.9. The monoisotopic (exact) mass is 492 g/mol. The third-order valence-electron chi connectivity index (χ3n) is 5.98. The Labute approximate surface area is 206 Å². The number of esters is 2. The molecule has 2 heterocycles. The van der Waals surface area contributed by atoms with E-state index in [2.05, 4.69) is 0 Å². The van der Waals surface area contributed by atoms with Crippen LogP contribution in [-0.4, -0.2) is 71.7 Å². The van der Waals surface area contributed by atoms with Gasteiger partial charge < -0.3 is 9.47 Å². The van der Waals surface area contributed by atoms with Gasteiger partial charge >= 0.3 is 11.9 Å². The van der Waals surface area contributed by atoms with Gasteiger partial charge in [0.15, 0.2) is 0 Å². The van der Waals surface area contributed by atoms with E-state index < -0.39 is 35.6 Å². The predicted molar refractivity (Wildman–Crippen MR) is 125 cm³/mol. The number of carbonyl (C=O) groups is 6. The summed E-state index contributed by atoms with van der Waals surface area (Å²) in [6.07, 6.45) is 0.718. The smallest absolute Gasteiger partial charge is 0.338 e. The molecule has 0 N–H and O–H groups in total. The van der Waals surface area contributed by atoms with Crippen LogP contribution >= 0.6 is 0 Å². The Kier molecular flexibility index (Phi) is 6.96. The molecule has 0 spiro atoms. The topological polar surface area (TPSA) is 127 Å². The molecule has 10 nitrogen and oxygen atoms in total. The minimum absolute atomic E-state index is 0.0945. The fourth-order valence-corrected chi connectivity index (χ4v) is 4.21. The summed E-state index contributed by atoms with van der Waals surface area (Å²) in [7, 11) is 0. The van der Waals surface area contributed by atoms with Crippen LogP contribution in [0.4, 0.5) is 0 Å². The highest BCUT2D eigenvalue weighted by atomic mass is 16.5. The molecule has 0 atom stereocenters. The van der Waals surface area contributed by atoms with Gasteiger partial charge in [-0.1, -0.05) is 0 Å². The highest BCUT2D eigenvalue weighted by Gasteiger charge is 2.37. The van der Waals surface area contributed by atoms with Crippen molar-refractivity contribution in [1.82, 2.24) is 9.80 Å². The fourth-order valence-electron chi connectivity index (χ4n) is 4.21. The van der Waals surface area contributed by atoms with Gasteiger partial charge in [-0.15, -0.1) is 0 Å². The number of rotatable bonds is 9. The molecule has 4 amide bonds. The maximum Gasteiger partial charge on any atom is 0.338 e. The maximum atomic E-state index is 12.8. The summed E-state index contributed by atoms with van der Waals surface area (Å²) in [5.74, 6) is -3.08. The molecule has 0 saturated heterocycles. The molecule has 2 aromatic carbocycles. The standard InChI is InChI=1S/C26H24N2O8/c1-3-35-25(33)15-7-9-17-19(13-15)23(31)27(21(17)29)11-5-6-12-28-22(30)18-10-8-16(26(34)36-4-2)14-20(18)24(28)32/h7-10,13-14H,3-6,11-12H2,1-2H3. The molecule has 36 heavy (non-hydrogen) atoms. The molecule has 10 heteroatoms. The van der Waals surface area contributed by atoms with E-state index in [1.807, 2.05) is 0 Å². The first-order valence-electron chi connectivity index (χ1n) is 11.6. The van der Waals surface area contributed by atoms with E-state index in [9.17, 15) is 28.8 Å². The Morgan fingerprint density at radius 1 is 0.611 bits per heavy atom. The van der Waals surface area contributed by atoms with Crippen LogP contribution in [0.3, 0.4) is 0 Å².